The van der Waals surface area contributed by atoms with Crippen LogP contribution in [0.5, 0.6) is 0 Å². The number of fused-ring (bicyclic) bond motifs is 1. The van der Waals surface area contributed by atoms with Crippen LogP contribution in [0.1, 0.15) is 40.8 Å². The maximum Gasteiger partial charge on any atom is 0.254 e. The topological polar surface area (TPSA) is 114 Å². The van der Waals surface area contributed by atoms with Crippen molar-refractivity contribution in [3.63, 3.8) is 0 Å². The second-order valence-corrected chi connectivity index (χ2v) is 5.95. The van der Waals surface area contributed by atoms with Crippen molar-refractivity contribution in [2.75, 3.05) is 12.3 Å². The van der Waals surface area contributed by atoms with Gasteiger partial charge in [-0.05, 0) is 38.0 Å². The Labute approximate surface area is 138 Å². The highest BCUT2D eigenvalue weighted by Gasteiger charge is 2.32. The molecule has 0 radical (unpaired) electrons. The van der Waals surface area contributed by atoms with Crippen molar-refractivity contribution < 1.29 is 4.79 Å². The van der Waals surface area contributed by atoms with Gasteiger partial charge in [0.25, 0.3) is 5.91 Å². The number of benzene rings is 1. The predicted octanol–water partition coefficient (Wildman–Crippen LogP) is 1.62. The summed E-state index contributed by atoms with van der Waals surface area (Å²) in [6.45, 7) is 2.50. The average Bonchev–Trinajstić information content (AvgIpc) is 3.21. The molecule has 0 unspecified atom stereocenters. The number of hydrogen-bond donors (Lipinski definition) is 2. The number of H-pyrrole nitrogens is 1. The number of amides is 1. The van der Waals surface area contributed by atoms with Gasteiger partial charge in [-0.15, -0.1) is 0 Å². The number of aromatic nitrogens is 5. The summed E-state index contributed by atoms with van der Waals surface area (Å²) in [6, 6.07) is 7.02. The van der Waals surface area contributed by atoms with Crippen molar-refractivity contribution in [1.29, 1.82) is 0 Å². The number of aromatic amines is 1. The van der Waals surface area contributed by atoms with Crippen LogP contribution in [0.2, 0.25) is 0 Å². The third-order valence-corrected chi connectivity index (χ3v) is 4.30. The number of nitrogens with two attached hydrogens (primary N) is 1. The van der Waals surface area contributed by atoms with Gasteiger partial charge in [0.05, 0.1) is 11.7 Å². The third kappa shape index (κ3) is 2.45. The molecule has 0 spiro atoms. The molecule has 3 heterocycles. The number of nitrogen functional groups attached to an aromatic ring is 1. The number of anilines is 1. The van der Waals surface area contributed by atoms with E-state index in [1.54, 1.807) is 31.2 Å². The van der Waals surface area contributed by atoms with Gasteiger partial charge in [0.15, 0.2) is 0 Å². The lowest BCUT2D eigenvalue weighted by atomic mass is 10.1. The largest absolute Gasteiger partial charge is 0.384 e. The van der Waals surface area contributed by atoms with Crippen molar-refractivity contribution in [3.8, 4) is 0 Å². The van der Waals surface area contributed by atoms with E-state index in [2.05, 4.69) is 25.4 Å². The number of aryl methyl sites for hydroxylation is 1. The Hall–Kier alpha value is -3.03. The van der Waals surface area contributed by atoms with Crippen molar-refractivity contribution in [1.82, 2.24) is 30.3 Å². The number of nitrogens with zero attached hydrogens (tertiary/aromatic N) is 5. The van der Waals surface area contributed by atoms with Gasteiger partial charge in [0, 0.05) is 18.2 Å². The highest BCUT2D eigenvalue weighted by Crippen LogP contribution is 2.33. The molecule has 3 aromatic rings. The van der Waals surface area contributed by atoms with Gasteiger partial charge in [-0.25, -0.2) is 9.97 Å². The van der Waals surface area contributed by atoms with Crippen molar-refractivity contribution in [3.05, 3.63) is 41.3 Å². The van der Waals surface area contributed by atoms with Crippen LogP contribution in [0.4, 0.5) is 5.82 Å². The highest BCUT2D eigenvalue weighted by molar-refractivity contribution is 5.97. The van der Waals surface area contributed by atoms with Crippen LogP contribution < -0.4 is 5.73 Å². The molecule has 0 aliphatic carbocycles. The summed E-state index contributed by atoms with van der Waals surface area (Å²) in [5.41, 5.74) is 8.65. The summed E-state index contributed by atoms with van der Waals surface area (Å²) >= 11 is 0. The Bertz CT molecular complexity index is 899. The zero-order chi connectivity index (χ0) is 16.7. The first-order chi connectivity index (χ1) is 11.6. The smallest absolute Gasteiger partial charge is 0.254 e. The molecule has 0 saturated carbocycles. The first-order valence-corrected chi connectivity index (χ1v) is 7.84. The Kier molecular flexibility index (Phi) is 3.37. The Balaban J connectivity index is 1.67. The van der Waals surface area contributed by atoms with Crippen molar-refractivity contribution >= 4 is 22.8 Å². The predicted molar refractivity (Wildman–Crippen MR) is 88.1 cm³/mol. The summed E-state index contributed by atoms with van der Waals surface area (Å²) < 4.78 is 0. The molecule has 1 fully saturated rings. The second kappa shape index (κ2) is 5.55. The number of hydrogen-bond acceptors (Lipinski definition) is 6. The van der Waals surface area contributed by atoms with Gasteiger partial charge >= 0.3 is 0 Å². The van der Waals surface area contributed by atoms with E-state index in [1.807, 2.05) is 4.90 Å². The van der Waals surface area contributed by atoms with Crippen LogP contribution in [-0.2, 0) is 0 Å². The molecular weight excluding hydrogens is 306 g/mol. The quantitative estimate of drug-likeness (QED) is 0.740. The normalized spacial score (nSPS) is 17.5. The fourth-order valence-electron chi connectivity index (χ4n) is 3.24. The van der Waals surface area contributed by atoms with Crippen LogP contribution >= 0.6 is 0 Å². The number of carbonyl (C=O) groups excluding carboxylic acids is 1. The molecule has 1 aromatic carbocycles. The molecule has 122 valence electrons. The van der Waals surface area contributed by atoms with E-state index >= 15 is 0 Å². The third-order valence-electron chi connectivity index (χ3n) is 4.30. The minimum atomic E-state index is -0.0745. The fourth-order valence-corrected chi connectivity index (χ4v) is 3.24. The van der Waals surface area contributed by atoms with Crippen LogP contribution in [-0.4, -0.2) is 42.7 Å². The van der Waals surface area contributed by atoms with E-state index in [0.29, 0.717) is 29.3 Å². The highest BCUT2D eigenvalue weighted by atomic mass is 16.2. The summed E-state index contributed by atoms with van der Waals surface area (Å²) in [6.07, 6.45) is 1.80. The van der Waals surface area contributed by atoms with Crippen LogP contribution in [0.15, 0.2) is 24.3 Å². The lowest BCUT2D eigenvalue weighted by Gasteiger charge is -2.24. The first-order valence-electron chi connectivity index (χ1n) is 7.84. The van der Waals surface area contributed by atoms with Gasteiger partial charge in [0.2, 0.25) is 0 Å². The molecular formula is C16H17N7O. The summed E-state index contributed by atoms with van der Waals surface area (Å²) in [5.74, 6) is 1.02. The molecule has 8 heteroatoms. The Morgan fingerprint density at radius 2 is 2.08 bits per heavy atom. The molecule has 8 nitrogen and oxygen atoms in total. The van der Waals surface area contributed by atoms with Crippen LogP contribution in [0.25, 0.3) is 11.0 Å². The van der Waals surface area contributed by atoms with Crippen molar-refractivity contribution in [2.45, 2.75) is 25.8 Å². The SMILES string of the molecule is Cc1nc(N)cc([C@H]2CCCN2C(=O)c2ccc3n[nH]nc3c2)n1. The molecule has 1 saturated heterocycles. The molecule has 1 aliphatic rings. The fraction of sp³-hybridized carbons (Fsp3) is 0.312. The molecule has 1 amide bonds. The van der Waals surface area contributed by atoms with Gasteiger partial charge < -0.3 is 10.6 Å². The molecule has 24 heavy (non-hydrogen) atoms. The van der Waals surface area contributed by atoms with Gasteiger partial charge in [-0.2, -0.15) is 15.4 Å². The van der Waals surface area contributed by atoms with E-state index in [1.165, 1.54) is 0 Å². The zero-order valence-electron chi connectivity index (χ0n) is 13.2. The van der Waals surface area contributed by atoms with Crippen LogP contribution in [0.3, 0.4) is 0 Å². The molecule has 0 bridgehead atoms. The summed E-state index contributed by atoms with van der Waals surface area (Å²) in [4.78, 5) is 23.4. The van der Waals surface area contributed by atoms with E-state index in [9.17, 15) is 4.79 Å². The molecule has 2 aromatic heterocycles. The standard InChI is InChI=1S/C16H17N7O/c1-9-18-13(8-15(17)19-9)14-3-2-6-23(14)16(24)10-4-5-11-12(7-10)21-22-20-11/h4-5,7-8,14H,2-3,6H2,1H3,(H2,17,18,19)(H,20,21,22)/t14-/m1/s1. The number of likely N-dealkylation sites (tertiary alicyclic amines) is 1. The zero-order valence-corrected chi connectivity index (χ0v) is 13.2. The Morgan fingerprint density at radius 1 is 1.25 bits per heavy atom. The monoisotopic (exact) mass is 323 g/mol. The molecule has 1 aliphatic heterocycles. The minimum Gasteiger partial charge on any atom is -0.384 e. The summed E-state index contributed by atoms with van der Waals surface area (Å²) in [5, 5.41) is 10.6. The maximum atomic E-state index is 13.0. The lowest BCUT2D eigenvalue weighted by molar-refractivity contribution is 0.0733. The molecule has 4 rings (SSSR count). The lowest BCUT2D eigenvalue weighted by Crippen LogP contribution is -2.31. The van der Waals surface area contributed by atoms with E-state index in [-0.39, 0.29) is 11.9 Å². The summed E-state index contributed by atoms with van der Waals surface area (Å²) in [7, 11) is 0. The van der Waals surface area contributed by atoms with E-state index in [0.717, 1.165) is 24.1 Å². The van der Waals surface area contributed by atoms with Crippen molar-refractivity contribution in [2.24, 2.45) is 0 Å². The number of rotatable bonds is 2. The van der Waals surface area contributed by atoms with Gasteiger partial charge in [-0.1, -0.05) is 0 Å². The minimum absolute atomic E-state index is 0.0303. The van der Waals surface area contributed by atoms with E-state index in [4.69, 9.17) is 5.73 Å². The number of carbonyl (C=O) groups is 1. The van der Waals surface area contributed by atoms with Gasteiger partial charge in [-0.3, -0.25) is 4.79 Å². The average molecular weight is 323 g/mol. The first kappa shape index (κ1) is 14.6. The molecule has 1 atom stereocenters. The van der Waals surface area contributed by atoms with Crippen LogP contribution in [0, 0.1) is 6.92 Å². The Morgan fingerprint density at radius 3 is 2.92 bits per heavy atom. The maximum absolute atomic E-state index is 13.0. The van der Waals surface area contributed by atoms with E-state index < -0.39 is 0 Å². The second-order valence-electron chi connectivity index (χ2n) is 5.95. The number of nitrogens with one attached hydrogen (secondary N) is 1. The molecule has 3 N–H and O–H groups in total. The van der Waals surface area contributed by atoms with Gasteiger partial charge in [0.1, 0.15) is 22.7 Å².